The van der Waals surface area contributed by atoms with Gasteiger partial charge in [0.25, 0.3) is 0 Å². The van der Waals surface area contributed by atoms with E-state index in [2.05, 4.69) is 17.9 Å². The Kier molecular flexibility index (Phi) is 3.94. The van der Waals surface area contributed by atoms with Gasteiger partial charge in [-0.05, 0) is 38.4 Å². The zero-order valence-electron chi connectivity index (χ0n) is 8.75. The fourth-order valence-corrected chi connectivity index (χ4v) is 3.45. The van der Waals surface area contributed by atoms with Crippen molar-refractivity contribution in [3.05, 3.63) is 21.3 Å². The van der Waals surface area contributed by atoms with E-state index in [0.29, 0.717) is 11.4 Å². The molecule has 0 bridgehead atoms. The average Bonchev–Trinajstić information content (AvgIpc) is 2.59. The lowest BCUT2D eigenvalue weighted by Gasteiger charge is -2.36. The minimum Gasteiger partial charge on any atom is -0.294 e. The van der Waals surface area contributed by atoms with Crippen molar-refractivity contribution in [1.82, 2.24) is 4.90 Å². The van der Waals surface area contributed by atoms with E-state index in [0.717, 1.165) is 23.8 Å². The van der Waals surface area contributed by atoms with Crippen LogP contribution in [0.2, 0.25) is 4.34 Å². The number of nitrogens with zero attached hydrogens (tertiary/aromatic N) is 1. The Morgan fingerprint density at radius 2 is 2.33 bits per heavy atom. The average molecular weight is 264 g/mol. The van der Waals surface area contributed by atoms with Gasteiger partial charge in [-0.2, -0.15) is 0 Å². The highest BCUT2D eigenvalue weighted by atomic mass is 35.5. The largest absolute Gasteiger partial charge is 0.294 e. The molecule has 15 heavy (non-hydrogen) atoms. The summed E-state index contributed by atoms with van der Waals surface area (Å²) in [5.41, 5.74) is 0. The van der Waals surface area contributed by atoms with Gasteiger partial charge in [-0.1, -0.05) is 11.6 Å². The number of thiophene rings is 1. The Hall–Kier alpha value is 0.240. The number of halogens is 2. The summed E-state index contributed by atoms with van der Waals surface area (Å²) < 4.78 is 0.872. The van der Waals surface area contributed by atoms with Gasteiger partial charge in [0, 0.05) is 22.8 Å². The molecule has 2 heterocycles. The fraction of sp³-hybridized carbons (Fsp3) is 0.636. The molecule has 0 radical (unpaired) electrons. The minimum absolute atomic E-state index is 0.300. The first-order valence-electron chi connectivity index (χ1n) is 5.29. The monoisotopic (exact) mass is 263 g/mol. The van der Waals surface area contributed by atoms with E-state index >= 15 is 0 Å². The van der Waals surface area contributed by atoms with Crippen molar-refractivity contribution in [3.8, 4) is 0 Å². The van der Waals surface area contributed by atoms with Crippen LogP contribution in [0, 0.1) is 0 Å². The second kappa shape index (κ2) is 5.05. The minimum atomic E-state index is 0.300. The number of hydrogen-bond donors (Lipinski definition) is 0. The molecule has 0 spiro atoms. The maximum atomic E-state index is 6.27. The Bertz CT molecular complexity index is 326. The zero-order valence-corrected chi connectivity index (χ0v) is 11.1. The molecule has 1 saturated heterocycles. The number of rotatable bonds is 2. The van der Waals surface area contributed by atoms with Crippen LogP contribution < -0.4 is 0 Å². The topological polar surface area (TPSA) is 3.24 Å². The van der Waals surface area contributed by atoms with Crippen LogP contribution in [0.4, 0.5) is 0 Å². The van der Waals surface area contributed by atoms with Crippen molar-refractivity contribution >= 4 is 34.5 Å². The van der Waals surface area contributed by atoms with Crippen LogP contribution in [0.5, 0.6) is 0 Å². The molecule has 1 aromatic heterocycles. The van der Waals surface area contributed by atoms with E-state index in [1.54, 1.807) is 11.3 Å². The Morgan fingerprint density at radius 3 is 3.00 bits per heavy atom. The Morgan fingerprint density at radius 1 is 1.53 bits per heavy atom. The molecule has 0 saturated carbocycles. The van der Waals surface area contributed by atoms with Crippen LogP contribution in [0.3, 0.4) is 0 Å². The third-order valence-electron chi connectivity index (χ3n) is 3.01. The van der Waals surface area contributed by atoms with Gasteiger partial charge in [-0.3, -0.25) is 4.90 Å². The predicted molar refractivity (Wildman–Crippen MR) is 68.1 cm³/mol. The number of hydrogen-bond acceptors (Lipinski definition) is 2. The summed E-state index contributed by atoms with van der Waals surface area (Å²) in [5, 5.41) is 0.300. The molecule has 1 aliphatic heterocycles. The molecule has 2 rings (SSSR count). The van der Waals surface area contributed by atoms with Gasteiger partial charge in [0.1, 0.15) is 0 Å². The Balaban J connectivity index is 1.99. The van der Waals surface area contributed by atoms with E-state index in [1.807, 2.05) is 6.07 Å². The molecule has 4 heteroatoms. The summed E-state index contributed by atoms with van der Waals surface area (Å²) in [6, 6.07) is 4.55. The quantitative estimate of drug-likeness (QED) is 0.730. The molecular weight excluding hydrogens is 249 g/mol. The first kappa shape index (κ1) is 11.7. The molecule has 0 aliphatic carbocycles. The smallest absolute Gasteiger partial charge is 0.0931 e. The maximum Gasteiger partial charge on any atom is 0.0931 e. The van der Waals surface area contributed by atoms with Gasteiger partial charge in [0.2, 0.25) is 0 Å². The summed E-state index contributed by atoms with van der Waals surface area (Å²) >= 11 is 13.9. The summed E-state index contributed by atoms with van der Waals surface area (Å²) in [6.45, 7) is 4.35. The Labute approximate surface area is 105 Å². The third-order valence-corrected chi connectivity index (χ3v) is 4.81. The van der Waals surface area contributed by atoms with E-state index in [4.69, 9.17) is 23.2 Å². The van der Waals surface area contributed by atoms with Crippen molar-refractivity contribution < 1.29 is 0 Å². The number of piperidine rings is 1. The summed E-state index contributed by atoms with van der Waals surface area (Å²) in [5.74, 6) is 0. The normalized spacial score (nSPS) is 28.2. The molecule has 1 fully saturated rings. The van der Waals surface area contributed by atoms with Crippen molar-refractivity contribution in [2.24, 2.45) is 0 Å². The second-order valence-corrected chi connectivity index (χ2v) is 6.44. The van der Waals surface area contributed by atoms with Crippen LogP contribution in [0.1, 0.15) is 24.6 Å². The van der Waals surface area contributed by atoms with Gasteiger partial charge in [0.15, 0.2) is 0 Å². The lowest BCUT2D eigenvalue weighted by Crippen LogP contribution is -2.43. The lowest BCUT2D eigenvalue weighted by molar-refractivity contribution is 0.158. The molecule has 0 aromatic carbocycles. The second-order valence-electron chi connectivity index (χ2n) is 4.08. The van der Waals surface area contributed by atoms with Crippen LogP contribution in [-0.4, -0.2) is 22.9 Å². The molecule has 0 N–H and O–H groups in total. The first-order valence-corrected chi connectivity index (χ1v) is 6.92. The van der Waals surface area contributed by atoms with E-state index in [-0.39, 0.29) is 0 Å². The van der Waals surface area contributed by atoms with Crippen molar-refractivity contribution in [3.63, 3.8) is 0 Å². The van der Waals surface area contributed by atoms with Gasteiger partial charge in [-0.25, -0.2) is 0 Å². The molecule has 2 unspecified atom stereocenters. The highest BCUT2D eigenvalue weighted by Crippen LogP contribution is 2.27. The molecular formula is C11H15Cl2NS. The molecule has 1 aliphatic rings. The first-order chi connectivity index (χ1) is 7.16. The van der Waals surface area contributed by atoms with Gasteiger partial charge in [0.05, 0.1) is 4.34 Å². The highest BCUT2D eigenvalue weighted by Gasteiger charge is 2.26. The molecule has 2 atom stereocenters. The van der Waals surface area contributed by atoms with E-state index < -0.39 is 0 Å². The molecule has 1 nitrogen and oxygen atoms in total. The van der Waals surface area contributed by atoms with Crippen molar-refractivity contribution in [1.29, 1.82) is 0 Å². The fourth-order valence-electron chi connectivity index (χ4n) is 2.02. The van der Waals surface area contributed by atoms with Crippen LogP contribution in [0.15, 0.2) is 12.1 Å². The zero-order chi connectivity index (χ0) is 10.8. The lowest BCUT2D eigenvalue weighted by atomic mass is 10.0. The summed E-state index contributed by atoms with van der Waals surface area (Å²) in [6.07, 6.45) is 2.35. The summed E-state index contributed by atoms with van der Waals surface area (Å²) in [7, 11) is 0. The molecule has 84 valence electrons. The van der Waals surface area contributed by atoms with Crippen LogP contribution in [0.25, 0.3) is 0 Å². The van der Waals surface area contributed by atoms with Crippen molar-refractivity contribution in [2.75, 3.05) is 6.54 Å². The van der Waals surface area contributed by atoms with Gasteiger partial charge >= 0.3 is 0 Å². The molecule has 1 aromatic rings. The number of likely N-dealkylation sites (tertiary alicyclic amines) is 1. The third kappa shape index (κ3) is 2.88. The standard InChI is InChI=1S/C11H15Cl2NS/c1-8-10(12)3-2-6-14(8)7-9-4-5-11(13)15-9/h4-5,8,10H,2-3,6-7H2,1H3. The van der Waals surface area contributed by atoms with E-state index in [9.17, 15) is 0 Å². The van der Waals surface area contributed by atoms with Gasteiger partial charge < -0.3 is 0 Å². The van der Waals surface area contributed by atoms with Gasteiger partial charge in [-0.15, -0.1) is 22.9 Å². The van der Waals surface area contributed by atoms with E-state index in [1.165, 1.54) is 11.3 Å². The SMILES string of the molecule is CC1C(Cl)CCCN1Cc1ccc(Cl)s1. The van der Waals surface area contributed by atoms with Crippen LogP contribution >= 0.6 is 34.5 Å². The molecule has 0 amide bonds. The number of alkyl halides is 1. The van der Waals surface area contributed by atoms with Crippen molar-refractivity contribution in [2.45, 2.75) is 37.7 Å². The van der Waals surface area contributed by atoms with Crippen LogP contribution in [-0.2, 0) is 6.54 Å². The summed E-state index contributed by atoms with van der Waals surface area (Å²) in [4.78, 5) is 3.78. The predicted octanol–water partition coefficient (Wildman–Crippen LogP) is 3.99. The maximum absolute atomic E-state index is 6.27. The highest BCUT2D eigenvalue weighted by molar-refractivity contribution is 7.16.